The molecule has 1 unspecified atom stereocenters. The lowest BCUT2D eigenvalue weighted by atomic mass is 9.93. The summed E-state index contributed by atoms with van der Waals surface area (Å²) in [7, 11) is 0. The quantitative estimate of drug-likeness (QED) is 0.802. The molecule has 0 aliphatic carbocycles. The third kappa shape index (κ3) is 2.65. The fourth-order valence-electron chi connectivity index (χ4n) is 2.69. The van der Waals surface area contributed by atoms with E-state index < -0.39 is 5.60 Å². The lowest BCUT2D eigenvalue weighted by molar-refractivity contribution is 0.0449. The van der Waals surface area contributed by atoms with Crippen LogP contribution >= 0.6 is 12.2 Å². The molecular formula is C14H20N2OS. The normalized spacial score (nSPS) is 24.1. The van der Waals surface area contributed by atoms with E-state index in [0.29, 0.717) is 11.5 Å². The van der Waals surface area contributed by atoms with Gasteiger partial charge in [0.05, 0.1) is 5.60 Å². The number of rotatable bonds is 2. The predicted octanol–water partition coefficient (Wildman–Crippen LogP) is 1.98. The van der Waals surface area contributed by atoms with Crippen molar-refractivity contribution in [1.82, 2.24) is 0 Å². The molecule has 0 amide bonds. The fraction of sp³-hybridized carbons (Fsp3) is 0.500. The molecule has 98 valence electrons. The molecule has 1 fully saturated rings. The zero-order valence-electron chi connectivity index (χ0n) is 10.9. The standard InChI is InChI=1S/C14H20N2OS/c1-10-5-3-6-11(13(15)18)12(10)16-8-4-7-14(2,17)9-16/h3,5-6,17H,4,7-9H2,1-2H3,(H2,15,18). The number of para-hydroxylation sites is 1. The second-order valence-corrected chi connectivity index (χ2v) is 5.80. The Hall–Kier alpha value is -1.13. The second kappa shape index (κ2) is 4.86. The highest BCUT2D eigenvalue weighted by Crippen LogP contribution is 2.31. The lowest BCUT2D eigenvalue weighted by Gasteiger charge is -2.39. The first-order chi connectivity index (χ1) is 8.41. The molecule has 1 atom stereocenters. The zero-order valence-corrected chi connectivity index (χ0v) is 11.8. The highest BCUT2D eigenvalue weighted by atomic mass is 32.1. The molecule has 1 aliphatic rings. The van der Waals surface area contributed by atoms with Crippen LogP contribution in [0.15, 0.2) is 18.2 Å². The molecule has 4 heteroatoms. The maximum Gasteiger partial charge on any atom is 0.106 e. The van der Waals surface area contributed by atoms with Gasteiger partial charge in [-0.05, 0) is 38.3 Å². The Kier molecular flexibility index (Phi) is 3.59. The molecule has 0 aromatic heterocycles. The summed E-state index contributed by atoms with van der Waals surface area (Å²) in [6.45, 7) is 5.52. The van der Waals surface area contributed by atoms with Gasteiger partial charge in [-0.2, -0.15) is 0 Å². The summed E-state index contributed by atoms with van der Waals surface area (Å²) in [5.74, 6) is 0. The summed E-state index contributed by atoms with van der Waals surface area (Å²) >= 11 is 5.12. The average Bonchev–Trinajstić information content (AvgIpc) is 2.27. The SMILES string of the molecule is Cc1cccc(C(N)=S)c1N1CCCC(C)(O)C1. The van der Waals surface area contributed by atoms with E-state index in [2.05, 4.69) is 17.9 Å². The van der Waals surface area contributed by atoms with Crippen molar-refractivity contribution in [2.24, 2.45) is 5.73 Å². The van der Waals surface area contributed by atoms with Crippen LogP contribution in [0.25, 0.3) is 0 Å². The maximum absolute atomic E-state index is 10.2. The van der Waals surface area contributed by atoms with Crippen LogP contribution in [0.2, 0.25) is 0 Å². The van der Waals surface area contributed by atoms with Gasteiger partial charge in [-0.3, -0.25) is 0 Å². The molecule has 2 rings (SSSR count). The molecule has 1 aliphatic heterocycles. The Morgan fingerprint density at radius 1 is 1.50 bits per heavy atom. The average molecular weight is 264 g/mol. The highest BCUT2D eigenvalue weighted by molar-refractivity contribution is 7.80. The maximum atomic E-state index is 10.2. The number of aryl methyl sites for hydroxylation is 1. The minimum Gasteiger partial charge on any atom is -0.389 e. The molecule has 0 spiro atoms. The molecule has 1 aromatic rings. The highest BCUT2D eigenvalue weighted by Gasteiger charge is 2.30. The Balaban J connectivity index is 2.41. The van der Waals surface area contributed by atoms with Crippen LogP contribution < -0.4 is 10.6 Å². The molecule has 0 radical (unpaired) electrons. The smallest absolute Gasteiger partial charge is 0.106 e. The molecule has 1 heterocycles. The third-order valence-corrected chi connectivity index (χ3v) is 3.71. The van der Waals surface area contributed by atoms with Crippen LogP contribution in [0.1, 0.15) is 30.9 Å². The van der Waals surface area contributed by atoms with Crippen LogP contribution in [0, 0.1) is 6.92 Å². The van der Waals surface area contributed by atoms with Gasteiger partial charge in [0, 0.05) is 24.3 Å². The van der Waals surface area contributed by atoms with Crippen molar-refractivity contribution in [2.75, 3.05) is 18.0 Å². The molecule has 3 N–H and O–H groups in total. The van der Waals surface area contributed by atoms with Crippen molar-refractivity contribution in [2.45, 2.75) is 32.3 Å². The van der Waals surface area contributed by atoms with E-state index in [1.54, 1.807) is 0 Å². The van der Waals surface area contributed by atoms with Gasteiger partial charge in [-0.25, -0.2) is 0 Å². The van der Waals surface area contributed by atoms with Crippen molar-refractivity contribution in [3.63, 3.8) is 0 Å². The number of β-amino-alcohol motifs (C(OH)–C–C–N with tert-alkyl or cyclic N) is 1. The first kappa shape index (κ1) is 13.3. The van der Waals surface area contributed by atoms with Crippen molar-refractivity contribution in [1.29, 1.82) is 0 Å². The zero-order chi connectivity index (χ0) is 13.3. The fourth-order valence-corrected chi connectivity index (χ4v) is 2.85. The van der Waals surface area contributed by atoms with Gasteiger partial charge in [-0.15, -0.1) is 0 Å². The summed E-state index contributed by atoms with van der Waals surface area (Å²) in [4.78, 5) is 2.62. The van der Waals surface area contributed by atoms with E-state index in [4.69, 9.17) is 18.0 Å². The van der Waals surface area contributed by atoms with E-state index in [9.17, 15) is 5.11 Å². The lowest BCUT2D eigenvalue weighted by Crippen LogP contribution is -2.47. The number of nitrogens with two attached hydrogens (primary N) is 1. The topological polar surface area (TPSA) is 49.5 Å². The molecule has 0 saturated carbocycles. The first-order valence-electron chi connectivity index (χ1n) is 6.27. The monoisotopic (exact) mass is 264 g/mol. The van der Waals surface area contributed by atoms with Crippen LogP contribution in [0.5, 0.6) is 0 Å². The van der Waals surface area contributed by atoms with Crippen molar-refractivity contribution < 1.29 is 5.11 Å². The molecule has 1 aromatic carbocycles. The Morgan fingerprint density at radius 3 is 2.83 bits per heavy atom. The summed E-state index contributed by atoms with van der Waals surface area (Å²) in [5.41, 5.74) is 8.30. The van der Waals surface area contributed by atoms with Crippen molar-refractivity contribution in [3.05, 3.63) is 29.3 Å². The van der Waals surface area contributed by atoms with Crippen LogP contribution in [-0.2, 0) is 0 Å². The van der Waals surface area contributed by atoms with Gasteiger partial charge in [0.25, 0.3) is 0 Å². The second-order valence-electron chi connectivity index (χ2n) is 5.36. The molecule has 0 bridgehead atoms. The first-order valence-corrected chi connectivity index (χ1v) is 6.68. The van der Waals surface area contributed by atoms with Crippen molar-refractivity contribution >= 4 is 22.9 Å². The number of thiocarbonyl (C=S) groups is 1. The van der Waals surface area contributed by atoms with Gasteiger partial charge in [0.2, 0.25) is 0 Å². The van der Waals surface area contributed by atoms with Crippen LogP contribution in [-0.4, -0.2) is 28.8 Å². The van der Waals surface area contributed by atoms with E-state index >= 15 is 0 Å². The molecule has 18 heavy (non-hydrogen) atoms. The summed E-state index contributed by atoms with van der Waals surface area (Å²) in [5, 5.41) is 10.2. The molecule has 3 nitrogen and oxygen atoms in total. The van der Waals surface area contributed by atoms with E-state index in [-0.39, 0.29) is 0 Å². The Morgan fingerprint density at radius 2 is 2.22 bits per heavy atom. The minimum absolute atomic E-state index is 0.416. The Bertz CT molecular complexity index is 471. The number of aliphatic hydroxyl groups is 1. The summed E-state index contributed by atoms with van der Waals surface area (Å²) < 4.78 is 0. The number of nitrogens with zero attached hydrogens (tertiary/aromatic N) is 1. The van der Waals surface area contributed by atoms with E-state index in [0.717, 1.165) is 36.2 Å². The van der Waals surface area contributed by atoms with E-state index in [1.165, 1.54) is 0 Å². The van der Waals surface area contributed by atoms with E-state index in [1.807, 2.05) is 19.1 Å². The van der Waals surface area contributed by atoms with Gasteiger partial charge in [0.15, 0.2) is 0 Å². The third-order valence-electron chi connectivity index (χ3n) is 3.49. The van der Waals surface area contributed by atoms with Gasteiger partial charge in [-0.1, -0.05) is 24.4 Å². The number of hydrogen-bond donors (Lipinski definition) is 2. The number of piperidine rings is 1. The van der Waals surface area contributed by atoms with Crippen LogP contribution in [0.3, 0.4) is 0 Å². The van der Waals surface area contributed by atoms with Crippen molar-refractivity contribution in [3.8, 4) is 0 Å². The Labute approximate surface area is 114 Å². The van der Waals surface area contributed by atoms with Crippen LogP contribution in [0.4, 0.5) is 5.69 Å². The largest absolute Gasteiger partial charge is 0.389 e. The van der Waals surface area contributed by atoms with Gasteiger partial charge in [0.1, 0.15) is 4.99 Å². The summed E-state index contributed by atoms with van der Waals surface area (Å²) in [6.07, 6.45) is 1.83. The number of anilines is 1. The minimum atomic E-state index is -0.631. The number of benzene rings is 1. The van der Waals surface area contributed by atoms with Gasteiger partial charge < -0.3 is 15.7 Å². The number of hydrogen-bond acceptors (Lipinski definition) is 3. The summed E-state index contributed by atoms with van der Waals surface area (Å²) in [6, 6.07) is 5.98. The molecular weight excluding hydrogens is 244 g/mol. The molecule has 1 saturated heterocycles. The predicted molar refractivity (Wildman–Crippen MR) is 79.1 cm³/mol. The van der Waals surface area contributed by atoms with Gasteiger partial charge >= 0.3 is 0 Å².